The van der Waals surface area contributed by atoms with Crippen LogP contribution in [-0.2, 0) is 6.54 Å². The third kappa shape index (κ3) is 5.27. The number of aliphatic imine (C=N–C) groups is 1. The first-order chi connectivity index (χ1) is 12.2. The molecule has 2 N–H and O–H groups in total. The first-order valence-corrected chi connectivity index (χ1v) is 7.96. The van der Waals surface area contributed by atoms with E-state index in [0.29, 0.717) is 29.9 Å². The highest BCUT2D eigenvalue weighted by Crippen LogP contribution is 2.29. The van der Waals surface area contributed by atoms with Crippen LogP contribution in [0, 0.1) is 0 Å². The summed E-state index contributed by atoms with van der Waals surface area (Å²) in [5, 5.41) is 6.48. The maximum Gasteiger partial charge on any atom is 0.213 e. The molecule has 1 aromatic heterocycles. The van der Waals surface area contributed by atoms with Crippen LogP contribution in [-0.4, -0.2) is 38.8 Å². The summed E-state index contributed by atoms with van der Waals surface area (Å²) in [5.74, 6) is 2.58. The van der Waals surface area contributed by atoms with Gasteiger partial charge in [0, 0.05) is 30.6 Å². The van der Waals surface area contributed by atoms with Crippen LogP contribution in [0.15, 0.2) is 41.5 Å². The second-order valence-electron chi connectivity index (χ2n) is 5.10. The summed E-state index contributed by atoms with van der Waals surface area (Å²) in [6.07, 6.45) is 1.71. The fourth-order valence-electron chi connectivity index (χ4n) is 2.19. The number of hydrogen-bond donors (Lipinski definition) is 2. The molecule has 0 saturated carbocycles. The molecule has 0 spiro atoms. The van der Waals surface area contributed by atoms with Gasteiger partial charge >= 0.3 is 0 Å². The molecule has 0 saturated heterocycles. The lowest BCUT2D eigenvalue weighted by Gasteiger charge is -2.14. The fraction of sp³-hybridized carbons (Fsp3) is 0.333. The third-order valence-electron chi connectivity index (χ3n) is 3.42. The van der Waals surface area contributed by atoms with Gasteiger partial charge in [0.25, 0.3) is 0 Å². The van der Waals surface area contributed by atoms with Crippen molar-refractivity contribution in [1.29, 1.82) is 0 Å². The Balaban J connectivity index is 2.14. The van der Waals surface area contributed by atoms with Gasteiger partial charge in [0.2, 0.25) is 5.88 Å². The molecule has 0 bridgehead atoms. The molecule has 7 nitrogen and oxygen atoms in total. The van der Waals surface area contributed by atoms with Gasteiger partial charge in [-0.05, 0) is 30.7 Å². The summed E-state index contributed by atoms with van der Waals surface area (Å²) >= 11 is 0. The van der Waals surface area contributed by atoms with Crippen molar-refractivity contribution in [2.75, 3.05) is 33.2 Å². The molecule has 0 amide bonds. The first kappa shape index (κ1) is 18.4. The Kier molecular flexibility index (Phi) is 6.88. The number of nitrogens with zero attached hydrogens (tertiary/aromatic N) is 2. The van der Waals surface area contributed by atoms with E-state index < -0.39 is 0 Å². The van der Waals surface area contributed by atoms with Crippen LogP contribution in [0.3, 0.4) is 0 Å². The molecule has 0 atom stereocenters. The molecule has 0 aliphatic heterocycles. The van der Waals surface area contributed by atoms with Crippen LogP contribution in [0.4, 0.5) is 5.69 Å². The zero-order valence-corrected chi connectivity index (χ0v) is 15.0. The molecule has 1 aromatic carbocycles. The minimum atomic E-state index is 0.501. The van der Waals surface area contributed by atoms with Gasteiger partial charge in [0.1, 0.15) is 0 Å². The summed E-state index contributed by atoms with van der Waals surface area (Å²) in [6, 6.07) is 9.39. The van der Waals surface area contributed by atoms with E-state index in [2.05, 4.69) is 20.6 Å². The quantitative estimate of drug-likeness (QED) is 0.594. The molecule has 0 aliphatic rings. The lowest BCUT2D eigenvalue weighted by molar-refractivity contribution is 0.355. The van der Waals surface area contributed by atoms with Crippen LogP contribution in [0.25, 0.3) is 0 Å². The van der Waals surface area contributed by atoms with Crippen LogP contribution in [0.2, 0.25) is 0 Å². The van der Waals surface area contributed by atoms with Gasteiger partial charge in [-0.3, -0.25) is 0 Å². The lowest BCUT2D eigenvalue weighted by Crippen LogP contribution is -2.30. The smallest absolute Gasteiger partial charge is 0.213 e. The molecule has 0 radical (unpaired) electrons. The molecule has 134 valence electrons. The van der Waals surface area contributed by atoms with Gasteiger partial charge in [0.15, 0.2) is 17.5 Å². The van der Waals surface area contributed by atoms with E-state index in [1.807, 2.05) is 37.3 Å². The molecule has 2 rings (SSSR count). The van der Waals surface area contributed by atoms with Gasteiger partial charge in [-0.25, -0.2) is 9.98 Å². The number of methoxy groups -OCH3 is 3. The van der Waals surface area contributed by atoms with Crippen molar-refractivity contribution in [3.63, 3.8) is 0 Å². The number of guanidine groups is 1. The molecule has 0 fully saturated rings. The van der Waals surface area contributed by atoms with E-state index in [9.17, 15) is 0 Å². The summed E-state index contributed by atoms with van der Waals surface area (Å²) in [4.78, 5) is 8.69. The number of rotatable bonds is 7. The number of anilines is 1. The lowest BCUT2D eigenvalue weighted by atomic mass is 10.2. The van der Waals surface area contributed by atoms with Crippen molar-refractivity contribution in [1.82, 2.24) is 10.3 Å². The topological polar surface area (TPSA) is 77.0 Å². The Morgan fingerprint density at radius 1 is 1.04 bits per heavy atom. The number of pyridine rings is 1. The molecule has 0 aliphatic carbocycles. The Hall–Kier alpha value is -2.96. The summed E-state index contributed by atoms with van der Waals surface area (Å²) in [6.45, 7) is 3.27. The van der Waals surface area contributed by atoms with Crippen LogP contribution >= 0.6 is 0 Å². The number of hydrogen-bond acceptors (Lipinski definition) is 5. The average Bonchev–Trinajstić information content (AvgIpc) is 2.66. The van der Waals surface area contributed by atoms with E-state index in [4.69, 9.17) is 14.2 Å². The van der Waals surface area contributed by atoms with Gasteiger partial charge in [-0.1, -0.05) is 0 Å². The van der Waals surface area contributed by atoms with E-state index >= 15 is 0 Å². The summed E-state index contributed by atoms with van der Waals surface area (Å²) < 4.78 is 15.7. The predicted molar refractivity (Wildman–Crippen MR) is 98.8 cm³/mol. The van der Waals surface area contributed by atoms with Crippen molar-refractivity contribution in [3.05, 3.63) is 42.1 Å². The molecule has 2 aromatic rings. The van der Waals surface area contributed by atoms with Crippen LogP contribution in [0.5, 0.6) is 17.4 Å². The summed E-state index contributed by atoms with van der Waals surface area (Å²) in [7, 11) is 4.81. The zero-order chi connectivity index (χ0) is 18.1. The standard InChI is InChI=1S/C18H24N4O3/c1-5-19-18(21-12-13-8-9-20-17(10-13)25-4)22-14-6-7-15(23-2)16(11-14)24-3/h6-11H,5,12H2,1-4H3,(H2,19,21,22). The van der Waals surface area contributed by atoms with E-state index in [1.165, 1.54) is 0 Å². The first-order valence-electron chi connectivity index (χ1n) is 7.96. The largest absolute Gasteiger partial charge is 0.493 e. The maximum atomic E-state index is 5.33. The number of benzene rings is 1. The van der Waals surface area contributed by atoms with Crippen molar-refractivity contribution < 1.29 is 14.2 Å². The normalized spacial score (nSPS) is 11.0. The molecule has 25 heavy (non-hydrogen) atoms. The second-order valence-corrected chi connectivity index (χ2v) is 5.10. The van der Waals surface area contributed by atoms with Gasteiger partial charge in [-0.2, -0.15) is 0 Å². The monoisotopic (exact) mass is 344 g/mol. The minimum absolute atomic E-state index is 0.501. The van der Waals surface area contributed by atoms with Gasteiger partial charge in [-0.15, -0.1) is 0 Å². The Bertz CT molecular complexity index is 719. The third-order valence-corrected chi connectivity index (χ3v) is 3.42. The molecular formula is C18H24N4O3. The van der Waals surface area contributed by atoms with E-state index in [1.54, 1.807) is 27.5 Å². The average molecular weight is 344 g/mol. The van der Waals surface area contributed by atoms with Crippen molar-refractivity contribution in [2.24, 2.45) is 4.99 Å². The molecule has 0 unspecified atom stereocenters. The van der Waals surface area contributed by atoms with Crippen LogP contribution < -0.4 is 24.8 Å². The van der Waals surface area contributed by atoms with Crippen molar-refractivity contribution in [2.45, 2.75) is 13.5 Å². The predicted octanol–water partition coefficient (Wildman–Crippen LogP) is 2.69. The maximum absolute atomic E-state index is 5.33. The van der Waals surface area contributed by atoms with Crippen molar-refractivity contribution in [3.8, 4) is 17.4 Å². The second kappa shape index (κ2) is 9.36. The van der Waals surface area contributed by atoms with Gasteiger partial charge < -0.3 is 24.8 Å². The number of ether oxygens (including phenoxy) is 3. The number of aromatic nitrogens is 1. The zero-order valence-electron chi connectivity index (χ0n) is 15.0. The molecular weight excluding hydrogens is 320 g/mol. The Labute approximate surface area is 148 Å². The summed E-state index contributed by atoms with van der Waals surface area (Å²) in [5.41, 5.74) is 1.86. The highest BCUT2D eigenvalue weighted by molar-refractivity contribution is 5.93. The Morgan fingerprint density at radius 3 is 2.52 bits per heavy atom. The highest BCUT2D eigenvalue weighted by Gasteiger charge is 2.06. The van der Waals surface area contributed by atoms with Gasteiger partial charge in [0.05, 0.1) is 27.9 Å². The van der Waals surface area contributed by atoms with E-state index in [-0.39, 0.29) is 0 Å². The van der Waals surface area contributed by atoms with E-state index in [0.717, 1.165) is 17.8 Å². The SMILES string of the molecule is CCNC(=NCc1ccnc(OC)c1)Nc1ccc(OC)c(OC)c1. The fourth-order valence-corrected chi connectivity index (χ4v) is 2.19. The number of nitrogens with one attached hydrogen (secondary N) is 2. The molecule has 1 heterocycles. The minimum Gasteiger partial charge on any atom is -0.493 e. The van der Waals surface area contributed by atoms with Crippen molar-refractivity contribution >= 4 is 11.6 Å². The molecule has 7 heteroatoms. The Morgan fingerprint density at radius 2 is 1.84 bits per heavy atom. The van der Waals surface area contributed by atoms with Crippen LogP contribution in [0.1, 0.15) is 12.5 Å². The highest BCUT2D eigenvalue weighted by atomic mass is 16.5.